The number of fused-ring (bicyclic) bond motifs is 1. The van der Waals surface area contributed by atoms with Crippen LogP contribution in [0.4, 0.5) is 0 Å². The van der Waals surface area contributed by atoms with E-state index < -0.39 is 0 Å². The summed E-state index contributed by atoms with van der Waals surface area (Å²) in [6.07, 6.45) is 8.75. The number of nitrogens with zero attached hydrogens (tertiary/aromatic N) is 2. The van der Waals surface area contributed by atoms with Crippen LogP contribution in [0.25, 0.3) is 22.7 Å². The number of aromatic amines is 1. The zero-order valence-corrected chi connectivity index (χ0v) is 9.67. The number of H-pyrrole nitrogens is 1. The van der Waals surface area contributed by atoms with Crippen LogP contribution in [0.5, 0.6) is 0 Å². The van der Waals surface area contributed by atoms with Gasteiger partial charge in [-0.25, -0.2) is 9.97 Å². The van der Waals surface area contributed by atoms with Gasteiger partial charge in [0.05, 0.1) is 0 Å². The lowest BCUT2D eigenvalue weighted by Gasteiger charge is -1.99. The van der Waals surface area contributed by atoms with Crippen LogP contribution in [0.1, 0.15) is 11.1 Å². The highest BCUT2D eigenvalue weighted by atomic mass is 14.8. The molecule has 0 unspecified atom stereocenters. The van der Waals surface area contributed by atoms with Gasteiger partial charge >= 0.3 is 0 Å². The van der Waals surface area contributed by atoms with Gasteiger partial charge in [-0.1, -0.05) is 18.2 Å². The summed E-state index contributed by atoms with van der Waals surface area (Å²) in [6.45, 7) is 0. The van der Waals surface area contributed by atoms with Crippen molar-refractivity contribution in [3.63, 3.8) is 0 Å². The number of nitrogens with two attached hydrogens (primary N) is 1. The first-order chi connectivity index (χ1) is 8.84. The summed E-state index contributed by atoms with van der Waals surface area (Å²) in [5.74, 6) is 0. The van der Waals surface area contributed by atoms with E-state index in [1.54, 1.807) is 12.4 Å². The van der Waals surface area contributed by atoms with E-state index in [0.717, 1.165) is 22.0 Å². The number of benzene rings is 1. The zero-order valence-electron chi connectivity index (χ0n) is 9.67. The summed E-state index contributed by atoms with van der Waals surface area (Å²) in [7, 11) is 0. The van der Waals surface area contributed by atoms with E-state index in [2.05, 4.69) is 15.0 Å². The Morgan fingerprint density at radius 2 is 1.94 bits per heavy atom. The third kappa shape index (κ3) is 1.84. The molecule has 0 radical (unpaired) electrons. The minimum absolute atomic E-state index is 0.697. The predicted molar refractivity (Wildman–Crippen MR) is 72.4 cm³/mol. The van der Waals surface area contributed by atoms with Crippen molar-refractivity contribution >= 4 is 22.7 Å². The molecule has 3 rings (SSSR count). The summed E-state index contributed by atoms with van der Waals surface area (Å²) in [4.78, 5) is 11.1. The molecule has 2 aromatic heterocycles. The van der Waals surface area contributed by atoms with Gasteiger partial charge in [0.25, 0.3) is 0 Å². The van der Waals surface area contributed by atoms with E-state index in [4.69, 9.17) is 5.73 Å². The van der Waals surface area contributed by atoms with E-state index in [-0.39, 0.29) is 0 Å². The minimum Gasteiger partial charge on any atom is -0.398 e. The van der Waals surface area contributed by atoms with Gasteiger partial charge in [0.2, 0.25) is 0 Å². The van der Waals surface area contributed by atoms with E-state index in [0.29, 0.717) is 5.70 Å². The van der Waals surface area contributed by atoms with Crippen LogP contribution in [0, 0.1) is 0 Å². The van der Waals surface area contributed by atoms with Crippen molar-refractivity contribution in [3.8, 4) is 0 Å². The highest BCUT2D eigenvalue weighted by Gasteiger charge is 2.05. The number of aromatic nitrogens is 3. The van der Waals surface area contributed by atoms with Crippen LogP contribution in [0.2, 0.25) is 0 Å². The number of para-hydroxylation sites is 1. The third-order valence-corrected chi connectivity index (χ3v) is 2.80. The summed E-state index contributed by atoms with van der Waals surface area (Å²) in [6, 6.07) is 8.06. The smallest absolute Gasteiger partial charge is 0.115 e. The molecule has 0 atom stereocenters. The molecule has 2 heterocycles. The topological polar surface area (TPSA) is 67.6 Å². The quantitative estimate of drug-likeness (QED) is 0.718. The fourth-order valence-corrected chi connectivity index (χ4v) is 1.95. The van der Waals surface area contributed by atoms with Gasteiger partial charge in [-0.2, -0.15) is 0 Å². The molecule has 0 spiro atoms. The summed E-state index contributed by atoms with van der Waals surface area (Å²) in [5, 5.41) is 1.11. The Bertz CT molecular complexity index is 698. The average molecular weight is 236 g/mol. The summed E-state index contributed by atoms with van der Waals surface area (Å²) in [5.41, 5.74) is 9.78. The van der Waals surface area contributed by atoms with E-state index >= 15 is 0 Å². The molecule has 4 heteroatoms. The maximum Gasteiger partial charge on any atom is 0.115 e. The molecule has 3 N–H and O–H groups in total. The maximum absolute atomic E-state index is 6.12. The Kier molecular flexibility index (Phi) is 2.53. The van der Waals surface area contributed by atoms with Crippen molar-refractivity contribution in [2.45, 2.75) is 0 Å². The molecule has 88 valence electrons. The van der Waals surface area contributed by atoms with Gasteiger partial charge in [0.1, 0.15) is 6.33 Å². The zero-order chi connectivity index (χ0) is 12.4. The summed E-state index contributed by atoms with van der Waals surface area (Å²) < 4.78 is 0. The first kappa shape index (κ1) is 10.5. The predicted octanol–water partition coefficient (Wildman–Crippen LogP) is 2.41. The van der Waals surface area contributed by atoms with Crippen molar-refractivity contribution < 1.29 is 0 Å². The molecular weight excluding hydrogens is 224 g/mol. The standard InChI is InChI=1S/C14H12N4/c15-13(5-10-6-16-9-17-7-10)12-8-18-14-4-2-1-3-11(12)14/h1-9,18H,15H2/b13-5-. The van der Waals surface area contributed by atoms with Crippen LogP contribution < -0.4 is 5.73 Å². The first-order valence-corrected chi connectivity index (χ1v) is 5.63. The number of hydrogen-bond donors (Lipinski definition) is 2. The molecule has 3 aromatic rings. The van der Waals surface area contributed by atoms with E-state index in [1.807, 2.05) is 36.5 Å². The van der Waals surface area contributed by atoms with Crippen LogP contribution in [-0.2, 0) is 0 Å². The SMILES string of the molecule is N/C(=C\c1cncnc1)c1c[nH]c2ccccc12. The Morgan fingerprint density at radius 1 is 1.17 bits per heavy atom. The van der Waals surface area contributed by atoms with Gasteiger partial charge in [-0.15, -0.1) is 0 Å². The third-order valence-electron chi connectivity index (χ3n) is 2.80. The van der Waals surface area contributed by atoms with Gasteiger partial charge in [-0.3, -0.25) is 0 Å². The first-order valence-electron chi connectivity index (χ1n) is 5.63. The largest absolute Gasteiger partial charge is 0.398 e. The van der Waals surface area contributed by atoms with Crippen LogP contribution in [0.3, 0.4) is 0 Å². The van der Waals surface area contributed by atoms with Crippen molar-refractivity contribution in [3.05, 3.63) is 60.3 Å². The second-order valence-electron chi connectivity index (χ2n) is 4.02. The Balaban J connectivity index is 2.07. The van der Waals surface area contributed by atoms with Crippen molar-refractivity contribution in [2.24, 2.45) is 5.73 Å². The Hall–Kier alpha value is -2.62. The fraction of sp³-hybridized carbons (Fsp3) is 0. The number of hydrogen-bond acceptors (Lipinski definition) is 3. The molecule has 1 aromatic carbocycles. The van der Waals surface area contributed by atoms with Gasteiger partial charge in [0, 0.05) is 46.3 Å². The van der Waals surface area contributed by atoms with Gasteiger partial charge in [-0.05, 0) is 12.1 Å². The number of nitrogens with one attached hydrogen (secondary N) is 1. The summed E-state index contributed by atoms with van der Waals surface area (Å²) >= 11 is 0. The fourth-order valence-electron chi connectivity index (χ4n) is 1.95. The van der Waals surface area contributed by atoms with E-state index in [1.165, 1.54) is 6.33 Å². The minimum atomic E-state index is 0.697. The van der Waals surface area contributed by atoms with Gasteiger partial charge in [0.15, 0.2) is 0 Å². The second kappa shape index (κ2) is 4.33. The van der Waals surface area contributed by atoms with Crippen molar-refractivity contribution in [1.82, 2.24) is 15.0 Å². The second-order valence-corrected chi connectivity index (χ2v) is 4.02. The highest BCUT2D eigenvalue weighted by molar-refractivity contribution is 5.95. The molecule has 0 aliphatic rings. The molecular formula is C14H12N4. The van der Waals surface area contributed by atoms with Crippen LogP contribution in [0.15, 0.2) is 49.2 Å². The highest BCUT2D eigenvalue weighted by Crippen LogP contribution is 2.23. The molecule has 0 bridgehead atoms. The van der Waals surface area contributed by atoms with Crippen molar-refractivity contribution in [1.29, 1.82) is 0 Å². The Morgan fingerprint density at radius 3 is 2.78 bits per heavy atom. The van der Waals surface area contributed by atoms with Crippen LogP contribution >= 0.6 is 0 Å². The molecule has 4 nitrogen and oxygen atoms in total. The number of rotatable bonds is 2. The molecule has 18 heavy (non-hydrogen) atoms. The normalized spacial score (nSPS) is 11.9. The van der Waals surface area contributed by atoms with Crippen molar-refractivity contribution in [2.75, 3.05) is 0 Å². The lowest BCUT2D eigenvalue weighted by molar-refractivity contribution is 1.16. The monoisotopic (exact) mass is 236 g/mol. The van der Waals surface area contributed by atoms with Gasteiger partial charge < -0.3 is 10.7 Å². The maximum atomic E-state index is 6.12. The molecule has 0 saturated carbocycles. The lowest BCUT2D eigenvalue weighted by atomic mass is 10.1. The Labute approximate surface area is 104 Å². The lowest BCUT2D eigenvalue weighted by Crippen LogP contribution is -1.95. The molecule has 0 amide bonds. The van der Waals surface area contributed by atoms with E-state index in [9.17, 15) is 0 Å². The van der Waals surface area contributed by atoms with Crippen LogP contribution in [-0.4, -0.2) is 15.0 Å². The molecule has 0 aliphatic carbocycles. The molecule has 0 saturated heterocycles. The average Bonchev–Trinajstić information content (AvgIpc) is 2.84. The molecule has 0 fully saturated rings. The molecule has 0 aliphatic heterocycles.